The van der Waals surface area contributed by atoms with E-state index in [1.807, 2.05) is 24.3 Å². The minimum Gasteiger partial charge on any atom is -0.294 e. The summed E-state index contributed by atoms with van der Waals surface area (Å²) >= 11 is 0. The van der Waals surface area contributed by atoms with E-state index in [9.17, 15) is 4.79 Å². The van der Waals surface area contributed by atoms with E-state index >= 15 is 0 Å². The lowest BCUT2D eigenvalue weighted by molar-refractivity contribution is 0.0982. The quantitative estimate of drug-likeness (QED) is 0.452. The van der Waals surface area contributed by atoms with Crippen LogP contribution in [0.3, 0.4) is 0 Å². The van der Waals surface area contributed by atoms with E-state index < -0.39 is 0 Å². The molecule has 0 unspecified atom stereocenters. The molecular formula is C15H13NO. The lowest BCUT2D eigenvalue weighted by atomic mass is 10.0. The van der Waals surface area contributed by atoms with Crippen molar-refractivity contribution in [1.29, 1.82) is 0 Å². The lowest BCUT2D eigenvalue weighted by Gasteiger charge is -2.04. The Morgan fingerprint density at radius 2 is 2.12 bits per heavy atom. The Balaban J connectivity index is 2.29. The average Bonchev–Trinajstić information content (AvgIpc) is 2.38. The maximum Gasteiger partial charge on any atom is 0.163 e. The van der Waals surface area contributed by atoms with Crippen LogP contribution in [-0.2, 0) is 0 Å². The van der Waals surface area contributed by atoms with Crippen molar-refractivity contribution in [3.63, 3.8) is 0 Å². The van der Waals surface area contributed by atoms with Gasteiger partial charge in [0.25, 0.3) is 0 Å². The third kappa shape index (κ3) is 2.51. The van der Waals surface area contributed by atoms with E-state index in [1.54, 1.807) is 12.3 Å². The fraction of sp³-hybridized carbons (Fsp3) is 0.200. The second kappa shape index (κ2) is 5.27. The third-order valence-corrected chi connectivity index (χ3v) is 2.67. The number of benzene rings is 1. The van der Waals surface area contributed by atoms with Gasteiger partial charge in [-0.3, -0.25) is 9.78 Å². The Labute approximate surface area is 101 Å². The summed E-state index contributed by atoms with van der Waals surface area (Å²) < 4.78 is 0. The topological polar surface area (TPSA) is 30.0 Å². The molecule has 0 radical (unpaired) electrons. The number of unbranched alkanes of at least 4 members (excludes halogenated alkanes) is 1. The summed E-state index contributed by atoms with van der Waals surface area (Å²) in [6.45, 7) is 0. The fourth-order valence-corrected chi connectivity index (χ4v) is 1.82. The molecule has 0 atom stereocenters. The summed E-state index contributed by atoms with van der Waals surface area (Å²) in [4.78, 5) is 16.3. The highest BCUT2D eigenvalue weighted by Gasteiger charge is 2.09. The van der Waals surface area contributed by atoms with Gasteiger partial charge in [-0.15, -0.1) is 12.3 Å². The van der Waals surface area contributed by atoms with Gasteiger partial charge in [-0.2, -0.15) is 0 Å². The minimum atomic E-state index is 0.138. The second-order valence-electron chi connectivity index (χ2n) is 3.86. The first kappa shape index (κ1) is 11.3. The van der Waals surface area contributed by atoms with Gasteiger partial charge in [0.2, 0.25) is 0 Å². The van der Waals surface area contributed by atoms with E-state index in [2.05, 4.69) is 10.9 Å². The molecule has 2 rings (SSSR count). The standard InChI is InChI=1S/C15H13NO/c1-2-3-4-9-15(17)13-10-11-16-14-8-6-5-7-12(13)14/h1,5-8,10-11H,3-4,9H2. The molecule has 2 aromatic rings. The molecule has 0 fully saturated rings. The third-order valence-electron chi connectivity index (χ3n) is 2.67. The van der Waals surface area contributed by atoms with Crippen LogP contribution < -0.4 is 0 Å². The summed E-state index contributed by atoms with van der Waals surface area (Å²) in [6, 6.07) is 9.45. The predicted octanol–water partition coefficient (Wildman–Crippen LogP) is 3.22. The van der Waals surface area contributed by atoms with Crippen molar-refractivity contribution < 1.29 is 4.79 Å². The van der Waals surface area contributed by atoms with Gasteiger partial charge < -0.3 is 0 Å². The number of ketones is 1. The van der Waals surface area contributed by atoms with Crippen LogP contribution >= 0.6 is 0 Å². The number of aromatic nitrogens is 1. The first-order valence-corrected chi connectivity index (χ1v) is 5.63. The molecule has 1 heterocycles. The minimum absolute atomic E-state index is 0.138. The molecule has 2 heteroatoms. The van der Waals surface area contributed by atoms with Crippen LogP contribution in [0.5, 0.6) is 0 Å². The Kier molecular flexibility index (Phi) is 3.52. The number of carbonyl (C=O) groups is 1. The normalized spacial score (nSPS) is 10.1. The molecule has 0 aliphatic rings. The molecule has 0 N–H and O–H groups in total. The van der Waals surface area contributed by atoms with E-state index in [0.29, 0.717) is 12.8 Å². The van der Waals surface area contributed by atoms with Crippen molar-refractivity contribution >= 4 is 16.7 Å². The zero-order valence-electron chi connectivity index (χ0n) is 9.52. The second-order valence-corrected chi connectivity index (χ2v) is 3.86. The van der Waals surface area contributed by atoms with Gasteiger partial charge >= 0.3 is 0 Å². The summed E-state index contributed by atoms with van der Waals surface area (Å²) in [5, 5.41) is 0.917. The molecular weight excluding hydrogens is 210 g/mol. The number of pyridine rings is 1. The van der Waals surface area contributed by atoms with Crippen molar-refractivity contribution in [3.8, 4) is 12.3 Å². The number of carbonyl (C=O) groups excluding carboxylic acids is 1. The van der Waals surface area contributed by atoms with E-state index in [-0.39, 0.29) is 5.78 Å². The number of hydrogen-bond acceptors (Lipinski definition) is 2. The number of Topliss-reactive ketones (excluding diaryl/α,β-unsaturated/α-hetero) is 1. The predicted molar refractivity (Wildman–Crippen MR) is 68.8 cm³/mol. The van der Waals surface area contributed by atoms with Crippen molar-refractivity contribution in [1.82, 2.24) is 4.98 Å². The molecule has 1 aromatic carbocycles. The van der Waals surface area contributed by atoms with Crippen molar-refractivity contribution in [2.45, 2.75) is 19.3 Å². The van der Waals surface area contributed by atoms with Gasteiger partial charge in [0, 0.05) is 30.0 Å². The van der Waals surface area contributed by atoms with Gasteiger partial charge in [-0.25, -0.2) is 0 Å². The molecule has 0 aliphatic carbocycles. The summed E-state index contributed by atoms with van der Waals surface area (Å²) in [7, 11) is 0. The van der Waals surface area contributed by atoms with Gasteiger partial charge in [-0.05, 0) is 18.6 Å². The molecule has 0 saturated heterocycles. The number of nitrogens with zero attached hydrogens (tertiary/aromatic N) is 1. The Hall–Kier alpha value is -2.14. The fourth-order valence-electron chi connectivity index (χ4n) is 1.82. The molecule has 0 saturated carbocycles. The van der Waals surface area contributed by atoms with Crippen molar-refractivity contribution in [2.24, 2.45) is 0 Å². The van der Waals surface area contributed by atoms with Crippen LogP contribution in [-0.4, -0.2) is 10.8 Å². The number of terminal acetylenes is 1. The smallest absolute Gasteiger partial charge is 0.163 e. The zero-order valence-corrected chi connectivity index (χ0v) is 9.52. The SMILES string of the molecule is C#CCCCC(=O)c1ccnc2ccccc12. The number of fused-ring (bicyclic) bond motifs is 1. The summed E-state index contributed by atoms with van der Waals surface area (Å²) in [5.74, 6) is 2.68. The largest absolute Gasteiger partial charge is 0.294 e. The van der Waals surface area contributed by atoms with Gasteiger partial charge in [0.1, 0.15) is 0 Å². The van der Waals surface area contributed by atoms with Crippen LogP contribution in [0.1, 0.15) is 29.6 Å². The highest BCUT2D eigenvalue weighted by Crippen LogP contribution is 2.18. The van der Waals surface area contributed by atoms with Crippen LogP contribution in [0.2, 0.25) is 0 Å². The van der Waals surface area contributed by atoms with Crippen LogP contribution in [0.25, 0.3) is 10.9 Å². The highest BCUT2D eigenvalue weighted by molar-refractivity contribution is 6.07. The van der Waals surface area contributed by atoms with Gasteiger partial charge in [0.05, 0.1) is 5.52 Å². The maximum atomic E-state index is 12.0. The van der Waals surface area contributed by atoms with Crippen LogP contribution in [0.15, 0.2) is 36.5 Å². The zero-order chi connectivity index (χ0) is 12.1. The summed E-state index contributed by atoms with van der Waals surface area (Å²) in [5.41, 5.74) is 1.60. The highest BCUT2D eigenvalue weighted by atomic mass is 16.1. The number of hydrogen-bond donors (Lipinski definition) is 0. The molecule has 0 aliphatic heterocycles. The van der Waals surface area contributed by atoms with E-state index in [4.69, 9.17) is 6.42 Å². The molecule has 0 spiro atoms. The lowest BCUT2D eigenvalue weighted by Crippen LogP contribution is -2.00. The first-order chi connectivity index (χ1) is 8.33. The molecule has 2 nitrogen and oxygen atoms in total. The van der Waals surface area contributed by atoms with Gasteiger partial charge in [-0.1, -0.05) is 18.2 Å². The van der Waals surface area contributed by atoms with Gasteiger partial charge in [0.15, 0.2) is 5.78 Å². The van der Waals surface area contributed by atoms with Crippen molar-refractivity contribution in [3.05, 3.63) is 42.1 Å². The first-order valence-electron chi connectivity index (χ1n) is 5.63. The molecule has 1 aromatic heterocycles. The van der Waals surface area contributed by atoms with Crippen LogP contribution in [0, 0.1) is 12.3 Å². The Morgan fingerprint density at radius 1 is 1.29 bits per heavy atom. The van der Waals surface area contributed by atoms with Crippen molar-refractivity contribution in [2.75, 3.05) is 0 Å². The van der Waals surface area contributed by atoms with E-state index in [1.165, 1.54) is 0 Å². The van der Waals surface area contributed by atoms with E-state index in [0.717, 1.165) is 22.9 Å². The molecule has 0 bridgehead atoms. The van der Waals surface area contributed by atoms with Crippen LogP contribution in [0.4, 0.5) is 0 Å². The Bertz CT molecular complexity index is 575. The summed E-state index contributed by atoms with van der Waals surface area (Å²) in [6.07, 6.45) is 8.74. The number of para-hydroxylation sites is 1. The molecule has 17 heavy (non-hydrogen) atoms. The number of rotatable bonds is 4. The molecule has 0 amide bonds. The monoisotopic (exact) mass is 223 g/mol. The Morgan fingerprint density at radius 3 is 2.94 bits per heavy atom. The maximum absolute atomic E-state index is 12.0. The average molecular weight is 223 g/mol. The molecule has 84 valence electrons.